The summed E-state index contributed by atoms with van der Waals surface area (Å²) in [6.45, 7) is 0. The van der Waals surface area contributed by atoms with Crippen LogP contribution in [0.2, 0.25) is 0 Å². The summed E-state index contributed by atoms with van der Waals surface area (Å²) in [5, 5.41) is 15.6. The van der Waals surface area contributed by atoms with Crippen LogP contribution in [0.25, 0.3) is 0 Å². The van der Waals surface area contributed by atoms with Gasteiger partial charge in [0.25, 0.3) is 11.5 Å². The van der Waals surface area contributed by atoms with E-state index in [1.54, 1.807) is 0 Å². The van der Waals surface area contributed by atoms with Gasteiger partial charge in [-0.05, 0) is 49.7 Å². The molecule has 0 spiro atoms. The van der Waals surface area contributed by atoms with E-state index in [0.717, 1.165) is 19.3 Å². The Kier molecular flexibility index (Phi) is 5.43. The molecule has 1 saturated carbocycles. The number of benzene rings is 1. The molecule has 1 aromatic heterocycles. The monoisotopic (exact) mass is 412 g/mol. The van der Waals surface area contributed by atoms with E-state index in [1.807, 2.05) is 17.1 Å². The van der Waals surface area contributed by atoms with Gasteiger partial charge in [0.15, 0.2) is 5.69 Å². The molecule has 0 radical (unpaired) electrons. The van der Waals surface area contributed by atoms with E-state index in [-0.39, 0.29) is 23.9 Å². The summed E-state index contributed by atoms with van der Waals surface area (Å²) in [6.07, 6.45) is 4.65. The van der Waals surface area contributed by atoms with Gasteiger partial charge in [0.2, 0.25) is 11.7 Å². The Morgan fingerprint density at radius 2 is 1.83 bits per heavy atom. The highest BCUT2D eigenvalue weighted by molar-refractivity contribution is 5.94. The average Bonchev–Trinajstić information content (AvgIpc) is 3.19. The van der Waals surface area contributed by atoms with Crippen LogP contribution in [0, 0.1) is 5.92 Å². The van der Waals surface area contributed by atoms with Crippen LogP contribution in [0.3, 0.4) is 0 Å². The Hall–Kier alpha value is -3.36. The topological polar surface area (TPSA) is 144 Å². The van der Waals surface area contributed by atoms with Crippen LogP contribution >= 0.6 is 0 Å². The number of hydrogen-bond acceptors (Lipinski definition) is 5. The van der Waals surface area contributed by atoms with Crippen LogP contribution in [0.1, 0.15) is 59.8 Å². The SMILES string of the molecule is O=C(N[C@@H]1CC[C@@H](C(=O)N[C@H]2CCCc3ccccc32)C1)c1[nH]c(=O)[nH]c(=O)c1O. The number of aromatic amines is 2. The fourth-order valence-electron chi connectivity index (χ4n) is 4.45. The molecule has 0 unspecified atom stereocenters. The summed E-state index contributed by atoms with van der Waals surface area (Å²) in [7, 11) is 0. The number of hydrogen-bond donors (Lipinski definition) is 5. The van der Waals surface area contributed by atoms with E-state index in [9.17, 15) is 24.3 Å². The predicted molar refractivity (Wildman–Crippen MR) is 108 cm³/mol. The quantitative estimate of drug-likeness (QED) is 0.506. The number of aromatic nitrogens is 2. The highest BCUT2D eigenvalue weighted by atomic mass is 16.3. The van der Waals surface area contributed by atoms with Crippen molar-refractivity contribution < 1.29 is 14.7 Å². The summed E-state index contributed by atoms with van der Waals surface area (Å²) in [6, 6.07) is 7.88. The van der Waals surface area contributed by atoms with E-state index in [1.165, 1.54) is 11.1 Å². The first-order chi connectivity index (χ1) is 14.4. The molecule has 9 heteroatoms. The predicted octanol–water partition coefficient (Wildman–Crippen LogP) is 0.861. The third-order valence-corrected chi connectivity index (χ3v) is 5.97. The highest BCUT2D eigenvalue weighted by Crippen LogP contribution is 2.31. The van der Waals surface area contributed by atoms with Crippen molar-refractivity contribution in [1.29, 1.82) is 0 Å². The van der Waals surface area contributed by atoms with E-state index in [0.29, 0.717) is 19.3 Å². The lowest BCUT2D eigenvalue weighted by Crippen LogP contribution is -2.38. The normalized spacial score (nSPS) is 22.9. The van der Waals surface area contributed by atoms with Gasteiger partial charge in [0.05, 0.1) is 6.04 Å². The zero-order chi connectivity index (χ0) is 21.3. The smallest absolute Gasteiger partial charge is 0.326 e. The number of nitrogens with one attached hydrogen (secondary N) is 4. The second kappa shape index (κ2) is 8.17. The minimum Gasteiger partial charge on any atom is -0.501 e. The largest absolute Gasteiger partial charge is 0.501 e. The summed E-state index contributed by atoms with van der Waals surface area (Å²) < 4.78 is 0. The van der Waals surface area contributed by atoms with Gasteiger partial charge in [-0.15, -0.1) is 0 Å². The van der Waals surface area contributed by atoms with Gasteiger partial charge in [0, 0.05) is 12.0 Å². The third kappa shape index (κ3) is 4.00. The van der Waals surface area contributed by atoms with Crippen LogP contribution < -0.4 is 21.9 Å². The first kappa shape index (κ1) is 19.9. The van der Waals surface area contributed by atoms with Crippen molar-refractivity contribution in [3.8, 4) is 5.75 Å². The van der Waals surface area contributed by atoms with Gasteiger partial charge in [-0.3, -0.25) is 24.4 Å². The molecule has 9 nitrogen and oxygen atoms in total. The number of amides is 2. The number of carbonyl (C=O) groups excluding carboxylic acids is 2. The molecule has 4 rings (SSSR count). The van der Waals surface area contributed by atoms with Crippen LogP contribution in [-0.4, -0.2) is 32.9 Å². The molecular formula is C21H24N4O5. The zero-order valence-corrected chi connectivity index (χ0v) is 16.4. The number of aromatic hydroxyl groups is 1. The van der Waals surface area contributed by atoms with Gasteiger partial charge in [-0.2, -0.15) is 0 Å². The van der Waals surface area contributed by atoms with Crippen molar-refractivity contribution in [1.82, 2.24) is 20.6 Å². The summed E-state index contributed by atoms with van der Waals surface area (Å²) in [5.74, 6) is -1.84. The van der Waals surface area contributed by atoms with Crippen molar-refractivity contribution in [2.24, 2.45) is 5.92 Å². The van der Waals surface area contributed by atoms with Gasteiger partial charge in [-0.25, -0.2) is 4.79 Å². The standard InChI is InChI=1S/C21H24N4O5/c26-17-16(24-21(30)25-20(17)29)19(28)22-13-9-8-12(10-13)18(27)23-15-7-3-5-11-4-1-2-6-14(11)15/h1-2,4,6,12-13,15,26H,3,5,7-10H2,(H,22,28)(H,23,27)(H2,24,25,29,30)/t12-,13-,15+/m1/s1. The first-order valence-corrected chi connectivity index (χ1v) is 10.2. The van der Waals surface area contributed by atoms with Crippen molar-refractivity contribution >= 4 is 11.8 Å². The van der Waals surface area contributed by atoms with Crippen LogP contribution in [0.4, 0.5) is 0 Å². The lowest BCUT2D eigenvalue weighted by molar-refractivity contribution is -0.125. The Morgan fingerprint density at radius 3 is 2.67 bits per heavy atom. The Labute approximate surface area is 171 Å². The van der Waals surface area contributed by atoms with Crippen molar-refractivity contribution in [2.75, 3.05) is 0 Å². The second-order valence-corrected chi connectivity index (χ2v) is 7.96. The van der Waals surface area contributed by atoms with Crippen molar-refractivity contribution in [2.45, 2.75) is 50.6 Å². The van der Waals surface area contributed by atoms with Crippen LogP contribution in [0.5, 0.6) is 5.75 Å². The van der Waals surface area contributed by atoms with E-state index >= 15 is 0 Å². The van der Waals surface area contributed by atoms with Gasteiger partial charge < -0.3 is 15.7 Å². The summed E-state index contributed by atoms with van der Waals surface area (Å²) in [5.41, 5.74) is 0.0705. The molecule has 0 aliphatic heterocycles. The average molecular weight is 412 g/mol. The fraction of sp³-hybridized carbons (Fsp3) is 0.429. The highest BCUT2D eigenvalue weighted by Gasteiger charge is 2.33. The maximum atomic E-state index is 12.8. The van der Waals surface area contributed by atoms with Crippen LogP contribution in [-0.2, 0) is 11.2 Å². The molecular weight excluding hydrogens is 388 g/mol. The third-order valence-electron chi connectivity index (χ3n) is 5.97. The minimum absolute atomic E-state index is 0.00848. The first-order valence-electron chi connectivity index (χ1n) is 10.2. The Morgan fingerprint density at radius 1 is 1.03 bits per heavy atom. The number of aryl methyl sites for hydroxylation is 1. The minimum atomic E-state index is -1.03. The van der Waals surface area contributed by atoms with E-state index in [4.69, 9.17) is 0 Å². The zero-order valence-electron chi connectivity index (χ0n) is 16.4. The second-order valence-electron chi connectivity index (χ2n) is 7.96. The van der Waals surface area contributed by atoms with E-state index in [2.05, 4.69) is 27.8 Å². The van der Waals surface area contributed by atoms with Crippen molar-refractivity contribution in [3.63, 3.8) is 0 Å². The Balaban J connectivity index is 1.37. The van der Waals surface area contributed by atoms with Gasteiger partial charge >= 0.3 is 5.69 Å². The lowest BCUT2D eigenvalue weighted by Gasteiger charge is -2.27. The van der Waals surface area contributed by atoms with Crippen LogP contribution in [0.15, 0.2) is 33.9 Å². The number of H-pyrrole nitrogens is 2. The van der Waals surface area contributed by atoms with Gasteiger partial charge in [-0.1, -0.05) is 24.3 Å². The molecule has 2 aliphatic rings. The molecule has 30 heavy (non-hydrogen) atoms. The molecule has 0 bridgehead atoms. The lowest BCUT2D eigenvalue weighted by atomic mass is 9.87. The van der Waals surface area contributed by atoms with E-state index < -0.39 is 28.6 Å². The number of fused-ring (bicyclic) bond motifs is 1. The van der Waals surface area contributed by atoms with Crippen molar-refractivity contribution in [3.05, 3.63) is 61.9 Å². The number of carbonyl (C=O) groups is 2. The molecule has 1 heterocycles. The Bertz CT molecular complexity index is 1090. The maximum absolute atomic E-state index is 12.8. The fourth-order valence-corrected chi connectivity index (χ4v) is 4.45. The molecule has 2 amide bonds. The molecule has 0 saturated heterocycles. The molecule has 2 aliphatic carbocycles. The number of rotatable bonds is 4. The molecule has 1 fully saturated rings. The molecule has 158 valence electrons. The van der Waals surface area contributed by atoms with Gasteiger partial charge in [0.1, 0.15) is 0 Å². The molecule has 1 aromatic carbocycles. The maximum Gasteiger partial charge on any atom is 0.326 e. The molecule has 2 aromatic rings. The summed E-state index contributed by atoms with van der Waals surface area (Å²) >= 11 is 0. The molecule has 3 atom stereocenters. The molecule has 5 N–H and O–H groups in total. The summed E-state index contributed by atoms with van der Waals surface area (Å²) in [4.78, 5) is 52.0.